The molecule has 2 aromatic carbocycles. The number of piperidine rings is 2. The average Bonchev–Trinajstić information content (AvgIpc) is 3.27. The summed E-state index contributed by atoms with van der Waals surface area (Å²) >= 11 is 0. The number of fused-ring (bicyclic) bond motifs is 2. The number of anilines is 2. The Bertz CT molecular complexity index is 2240. The van der Waals surface area contributed by atoms with Gasteiger partial charge in [0.15, 0.2) is 11.6 Å². The van der Waals surface area contributed by atoms with Crippen LogP contribution in [0.1, 0.15) is 147 Å². The molecule has 4 fully saturated rings. The standard InChI is InChI=1S/C26H38N4O3.C24H34N4O3.Na.H2O/c1-2-33-24(31)14-17-27-25-26(32)30(23-13-9-8-12-22(23)28-25)21-15-18-29(19-16-21)20-10-6-4-3-5-7-11-20;29-22(30)12-15-25-23-24(31)28(21-11-7-6-10-20(21)26-23)19-13-16-27(17-14-19)18-8-4-2-1-3-5-9-18;;/h8-9,12-13,20-21H,2-7,10-11,14-19H2,1H3,(H,27,28);6-7,10-11,18-19H,1-5,8-9,12-17H2,(H,25,26)(H,29,30);;1H2/q;;+1;/p-1. The van der Waals surface area contributed by atoms with E-state index in [1.807, 2.05) is 57.7 Å². The molecule has 8 rings (SSSR count). The maximum absolute atomic E-state index is 13.5. The van der Waals surface area contributed by atoms with E-state index in [-0.39, 0.29) is 89.4 Å². The number of aromatic nitrogens is 4. The number of nitrogens with zero attached hydrogens (tertiary/aromatic N) is 6. The number of aliphatic carboxylic acids is 1. The maximum atomic E-state index is 13.5. The van der Waals surface area contributed by atoms with Crippen LogP contribution in [0.5, 0.6) is 0 Å². The van der Waals surface area contributed by atoms with Gasteiger partial charge in [-0.05, 0) is 82.6 Å². The Balaban J connectivity index is 0.000000241. The topological polar surface area (TPSA) is 194 Å². The van der Waals surface area contributed by atoms with Crippen LogP contribution in [0.15, 0.2) is 58.1 Å². The first-order chi connectivity index (χ1) is 31.3. The predicted octanol–water partition coefficient (Wildman–Crippen LogP) is 5.37. The van der Waals surface area contributed by atoms with Crippen molar-refractivity contribution in [2.45, 2.75) is 160 Å². The Labute approximate surface area is 412 Å². The van der Waals surface area contributed by atoms with Crippen molar-refractivity contribution in [3.63, 3.8) is 0 Å². The van der Waals surface area contributed by atoms with Crippen molar-refractivity contribution < 1.29 is 54.5 Å². The minimum Gasteiger partial charge on any atom is -0.870 e. The van der Waals surface area contributed by atoms with E-state index in [1.165, 1.54) is 89.9 Å². The maximum Gasteiger partial charge on any atom is 1.00 e. The molecule has 0 atom stereocenters. The summed E-state index contributed by atoms with van der Waals surface area (Å²) in [5.41, 5.74) is 3.08. The molecule has 2 aromatic heterocycles. The van der Waals surface area contributed by atoms with Gasteiger partial charge in [-0.1, -0.05) is 88.5 Å². The monoisotopic (exact) mass is 921 g/mol. The molecule has 2 saturated heterocycles. The van der Waals surface area contributed by atoms with Gasteiger partial charge in [0, 0.05) is 63.4 Å². The van der Waals surface area contributed by atoms with Crippen LogP contribution in [0.4, 0.5) is 11.6 Å². The third-order valence-corrected chi connectivity index (χ3v) is 14.1. The van der Waals surface area contributed by atoms with Gasteiger partial charge in [0.1, 0.15) is 0 Å². The molecular formula is C50H73N8NaO7. The second-order valence-corrected chi connectivity index (χ2v) is 18.3. The summed E-state index contributed by atoms with van der Waals surface area (Å²) in [5.74, 6) is -0.592. The first kappa shape index (κ1) is 53.1. The summed E-state index contributed by atoms with van der Waals surface area (Å²) in [4.78, 5) is 63.7. The number of carbonyl (C=O) groups is 2. The molecular weight excluding hydrogens is 848 g/mol. The van der Waals surface area contributed by atoms with E-state index in [2.05, 4.69) is 30.4 Å². The van der Waals surface area contributed by atoms with Crippen molar-refractivity contribution >= 4 is 45.6 Å². The Morgan fingerprint density at radius 3 is 1.36 bits per heavy atom. The Kier molecular flexibility index (Phi) is 21.9. The number of carboxylic acids is 1. The van der Waals surface area contributed by atoms with Crippen molar-refractivity contribution in [2.75, 3.05) is 56.5 Å². The number of hydrogen-bond donors (Lipinski definition) is 3. The zero-order valence-corrected chi connectivity index (χ0v) is 41.6. The molecule has 4 N–H and O–H groups in total. The summed E-state index contributed by atoms with van der Waals surface area (Å²) in [7, 11) is 0. The van der Waals surface area contributed by atoms with Gasteiger partial charge in [0.25, 0.3) is 11.1 Å². The Hall–Kier alpha value is -3.86. The average molecular weight is 921 g/mol. The van der Waals surface area contributed by atoms with Gasteiger partial charge in [0.2, 0.25) is 0 Å². The van der Waals surface area contributed by atoms with Gasteiger partial charge in [-0.25, -0.2) is 9.97 Å². The normalized spacial score (nSPS) is 18.9. The zero-order valence-electron chi connectivity index (χ0n) is 39.6. The van der Waals surface area contributed by atoms with E-state index < -0.39 is 5.97 Å². The molecule has 16 heteroatoms. The van der Waals surface area contributed by atoms with Gasteiger partial charge in [-0.2, -0.15) is 0 Å². The second-order valence-electron chi connectivity index (χ2n) is 18.3. The molecule has 2 saturated carbocycles. The largest absolute Gasteiger partial charge is 1.00 e. The van der Waals surface area contributed by atoms with Crippen molar-refractivity contribution in [3.05, 3.63) is 69.2 Å². The van der Waals surface area contributed by atoms with Crippen LogP contribution in [0.25, 0.3) is 22.1 Å². The van der Waals surface area contributed by atoms with Crippen molar-refractivity contribution in [1.29, 1.82) is 0 Å². The number of ether oxygens (including phenoxy) is 1. The third kappa shape index (κ3) is 14.3. The number of nitrogens with one attached hydrogen (secondary N) is 2. The number of para-hydroxylation sites is 4. The number of benzene rings is 2. The molecule has 0 bridgehead atoms. The van der Waals surface area contributed by atoms with Gasteiger partial charge in [0.05, 0.1) is 41.5 Å². The SMILES string of the molecule is CCOC(=O)CCNc1nc2ccccc2n(C2CCN(C3CCCCCCC3)CC2)c1=O.O=C(O)CCNc1nc2ccccc2n(C2CCN(C3CCCCCCC3)CC2)c1=O.[Na+].[OH-]. The van der Waals surface area contributed by atoms with Crippen LogP contribution in [-0.4, -0.2) is 109 Å². The fourth-order valence-electron chi connectivity index (χ4n) is 10.7. The van der Waals surface area contributed by atoms with Gasteiger partial charge >= 0.3 is 41.5 Å². The van der Waals surface area contributed by atoms with Crippen LogP contribution in [0.2, 0.25) is 0 Å². The van der Waals surface area contributed by atoms with E-state index in [0.29, 0.717) is 31.1 Å². The molecule has 4 aliphatic rings. The van der Waals surface area contributed by atoms with Gasteiger partial charge < -0.3 is 44.9 Å². The van der Waals surface area contributed by atoms with Crippen LogP contribution in [0, 0.1) is 0 Å². The quantitative estimate of drug-likeness (QED) is 0.115. The predicted molar refractivity (Wildman–Crippen MR) is 256 cm³/mol. The fourth-order valence-corrected chi connectivity index (χ4v) is 10.7. The number of hydrogen-bond acceptors (Lipinski definition) is 12. The van der Waals surface area contributed by atoms with Gasteiger partial charge in [-0.15, -0.1) is 0 Å². The number of carbonyl (C=O) groups excluding carboxylic acids is 1. The number of rotatable bonds is 13. The minimum absolute atomic E-state index is 0. The first-order valence-corrected chi connectivity index (χ1v) is 24.7. The molecule has 2 aliphatic heterocycles. The van der Waals surface area contributed by atoms with Crippen LogP contribution in [-0.2, 0) is 14.3 Å². The van der Waals surface area contributed by atoms with Crippen molar-refractivity contribution in [3.8, 4) is 0 Å². The van der Waals surface area contributed by atoms with Gasteiger partial charge in [-0.3, -0.25) is 19.2 Å². The van der Waals surface area contributed by atoms with Crippen LogP contribution >= 0.6 is 0 Å². The second kappa shape index (κ2) is 27.2. The number of likely N-dealkylation sites (tertiary alicyclic amines) is 2. The molecule has 0 unspecified atom stereocenters. The summed E-state index contributed by atoms with van der Waals surface area (Å²) in [6.07, 6.45) is 22.9. The molecule has 4 heterocycles. The molecule has 0 amide bonds. The number of carboxylic acid groups (broad SMARTS) is 1. The summed E-state index contributed by atoms with van der Waals surface area (Å²) in [6, 6.07) is 17.3. The molecule has 66 heavy (non-hydrogen) atoms. The summed E-state index contributed by atoms with van der Waals surface area (Å²) in [6.45, 7) is 6.82. The van der Waals surface area contributed by atoms with E-state index in [4.69, 9.17) is 9.84 Å². The Morgan fingerprint density at radius 2 is 0.970 bits per heavy atom. The zero-order chi connectivity index (χ0) is 44.7. The summed E-state index contributed by atoms with van der Waals surface area (Å²) in [5, 5.41) is 15.0. The van der Waals surface area contributed by atoms with E-state index in [1.54, 1.807) is 6.92 Å². The van der Waals surface area contributed by atoms with Crippen LogP contribution < -0.4 is 51.3 Å². The van der Waals surface area contributed by atoms with Crippen LogP contribution in [0.3, 0.4) is 0 Å². The number of esters is 1. The van der Waals surface area contributed by atoms with Crippen molar-refractivity contribution in [1.82, 2.24) is 28.9 Å². The van der Waals surface area contributed by atoms with E-state index in [9.17, 15) is 19.2 Å². The minimum atomic E-state index is -0.893. The molecule has 2 aliphatic carbocycles. The van der Waals surface area contributed by atoms with Crippen molar-refractivity contribution in [2.24, 2.45) is 0 Å². The molecule has 15 nitrogen and oxygen atoms in total. The first-order valence-electron chi connectivity index (χ1n) is 24.7. The molecule has 0 spiro atoms. The third-order valence-electron chi connectivity index (χ3n) is 14.1. The van der Waals surface area contributed by atoms with E-state index >= 15 is 0 Å². The molecule has 0 radical (unpaired) electrons. The molecule has 4 aromatic rings. The fraction of sp³-hybridized carbons (Fsp3) is 0.640. The summed E-state index contributed by atoms with van der Waals surface area (Å²) < 4.78 is 8.84. The van der Waals surface area contributed by atoms with E-state index in [0.717, 1.165) is 73.9 Å². The Morgan fingerprint density at radius 1 is 0.591 bits per heavy atom. The molecule has 356 valence electrons. The smallest absolute Gasteiger partial charge is 0.870 e.